The van der Waals surface area contributed by atoms with Crippen molar-refractivity contribution >= 4 is 11.2 Å². The van der Waals surface area contributed by atoms with Crippen LogP contribution in [-0.4, -0.2) is 19.5 Å². The van der Waals surface area contributed by atoms with E-state index in [-0.39, 0.29) is 11.5 Å². The number of nitrogens with zero attached hydrogens (tertiary/aromatic N) is 3. The van der Waals surface area contributed by atoms with E-state index in [0.29, 0.717) is 23.3 Å². The second-order valence-corrected chi connectivity index (χ2v) is 6.37. The predicted octanol–water partition coefficient (Wildman–Crippen LogP) is 3.59. The Morgan fingerprint density at radius 2 is 1.92 bits per heavy atom. The quantitative estimate of drug-likeness (QED) is 0.615. The van der Waals surface area contributed by atoms with Gasteiger partial charge in [0.15, 0.2) is 5.65 Å². The first kappa shape index (κ1) is 16.2. The van der Waals surface area contributed by atoms with Crippen molar-refractivity contribution < 1.29 is 4.39 Å². The number of hydrogen-bond acceptors (Lipinski definition) is 3. The molecule has 0 fully saturated rings. The number of hydrogen-bond donors (Lipinski definition) is 1. The summed E-state index contributed by atoms with van der Waals surface area (Å²) in [5.74, 6) is -0.242. The number of aromatic amines is 1. The predicted molar refractivity (Wildman–Crippen MR) is 98.6 cm³/mol. The third-order valence-electron chi connectivity index (χ3n) is 4.60. The zero-order chi connectivity index (χ0) is 18.3. The van der Waals surface area contributed by atoms with E-state index in [2.05, 4.69) is 15.0 Å². The number of aromatic nitrogens is 4. The van der Waals surface area contributed by atoms with E-state index < -0.39 is 0 Å². The van der Waals surface area contributed by atoms with Crippen molar-refractivity contribution in [3.8, 4) is 11.1 Å². The lowest BCUT2D eigenvalue weighted by Crippen LogP contribution is -2.17. The smallest absolute Gasteiger partial charge is 0.290 e. The van der Waals surface area contributed by atoms with E-state index in [4.69, 9.17) is 0 Å². The van der Waals surface area contributed by atoms with Crippen LogP contribution in [0.4, 0.5) is 4.39 Å². The van der Waals surface area contributed by atoms with Gasteiger partial charge in [-0.25, -0.2) is 14.2 Å². The van der Waals surface area contributed by atoms with Crippen LogP contribution in [0.3, 0.4) is 0 Å². The van der Waals surface area contributed by atoms with Gasteiger partial charge in [-0.1, -0.05) is 6.07 Å². The molecule has 4 rings (SSSR count). The second-order valence-electron chi connectivity index (χ2n) is 6.37. The molecule has 26 heavy (non-hydrogen) atoms. The average Bonchev–Trinajstić information content (AvgIpc) is 2.94. The maximum atomic E-state index is 13.5. The number of H-pyrrole nitrogens is 1. The van der Waals surface area contributed by atoms with Crippen LogP contribution in [0.1, 0.15) is 16.7 Å². The summed E-state index contributed by atoms with van der Waals surface area (Å²) < 4.78 is 15.2. The minimum absolute atomic E-state index is 0.219. The molecule has 0 aliphatic heterocycles. The van der Waals surface area contributed by atoms with Crippen LogP contribution in [0.25, 0.3) is 22.3 Å². The molecule has 0 spiro atoms. The molecule has 1 N–H and O–H groups in total. The van der Waals surface area contributed by atoms with Gasteiger partial charge in [0, 0.05) is 24.2 Å². The summed E-state index contributed by atoms with van der Waals surface area (Å²) >= 11 is 0. The SMILES string of the molecule is Cc1cc(-c2cnc3[nH]c(=O)n(Cc4cnccc4C)c3c2)ccc1F. The third-order valence-corrected chi connectivity index (χ3v) is 4.60. The lowest BCUT2D eigenvalue weighted by Gasteiger charge is -2.08. The van der Waals surface area contributed by atoms with Crippen molar-refractivity contribution in [1.82, 2.24) is 19.5 Å². The van der Waals surface area contributed by atoms with Gasteiger partial charge in [-0.3, -0.25) is 14.5 Å². The highest BCUT2D eigenvalue weighted by Crippen LogP contribution is 2.24. The van der Waals surface area contributed by atoms with Gasteiger partial charge >= 0.3 is 5.69 Å². The maximum absolute atomic E-state index is 13.5. The minimum Gasteiger partial charge on any atom is -0.290 e. The maximum Gasteiger partial charge on any atom is 0.327 e. The Hall–Kier alpha value is -3.28. The van der Waals surface area contributed by atoms with E-state index >= 15 is 0 Å². The number of imidazole rings is 1. The molecule has 5 nitrogen and oxygen atoms in total. The average molecular weight is 348 g/mol. The number of rotatable bonds is 3. The molecule has 0 bridgehead atoms. The van der Waals surface area contributed by atoms with Crippen LogP contribution in [0, 0.1) is 19.7 Å². The van der Waals surface area contributed by atoms with Crippen molar-refractivity contribution in [1.29, 1.82) is 0 Å². The highest BCUT2D eigenvalue weighted by Gasteiger charge is 2.12. The monoisotopic (exact) mass is 348 g/mol. The lowest BCUT2D eigenvalue weighted by molar-refractivity contribution is 0.619. The van der Waals surface area contributed by atoms with Crippen LogP contribution in [0.5, 0.6) is 0 Å². The molecule has 0 saturated heterocycles. The van der Waals surface area contributed by atoms with Crippen molar-refractivity contribution in [3.05, 3.63) is 81.9 Å². The molecule has 3 aromatic heterocycles. The van der Waals surface area contributed by atoms with E-state index in [1.165, 1.54) is 6.07 Å². The van der Waals surface area contributed by atoms with Gasteiger partial charge in [-0.2, -0.15) is 0 Å². The van der Waals surface area contributed by atoms with E-state index in [0.717, 1.165) is 22.3 Å². The summed E-state index contributed by atoms with van der Waals surface area (Å²) in [7, 11) is 0. The van der Waals surface area contributed by atoms with Crippen molar-refractivity contribution in [2.75, 3.05) is 0 Å². The van der Waals surface area contributed by atoms with Crippen LogP contribution in [0.2, 0.25) is 0 Å². The van der Waals surface area contributed by atoms with Crippen molar-refractivity contribution in [2.45, 2.75) is 20.4 Å². The fraction of sp³-hybridized carbons (Fsp3) is 0.150. The number of pyridine rings is 2. The summed E-state index contributed by atoms with van der Waals surface area (Å²) in [6.07, 6.45) is 5.18. The first-order valence-electron chi connectivity index (χ1n) is 8.27. The van der Waals surface area contributed by atoms with E-state index in [9.17, 15) is 9.18 Å². The van der Waals surface area contributed by atoms with Crippen LogP contribution < -0.4 is 5.69 Å². The number of nitrogens with one attached hydrogen (secondary N) is 1. The summed E-state index contributed by atoms with van der Waals surface area (Å²) in [6, 6.07) is 8.75. The number of halogens is 1. The Morgan fingerprint density at radius 1 is 1.08 bits per heavy atom. The van der Waals surface area contributed by atoms with Crippen molar-refractivity contribution in [2.24, 2.45) is 0 Å². The van der Waals surface area contributed by atoms with Gasteiger partial charge in [-0.15, -0.1) is 0 Å². The van der Waals surface area contributed by atoms with E-state index in [1.807, 2.05) is 19.1 Å². The first-order chi connectivity index (χ1) is 12.5. The summed E-state index contributed by atoms with van der Waals surface area (Å²) in [4.78, 5) is 23.7. The summed E-state index contributed by atoms with van der Waals surface area (Å²) in [5, 5.41) is 0. The molecule has 3 heterocycles. The highest BCUT2D eigenvalue weighted by atomic mass is 19.1. The van der Waals surface area contributed by atoms with Gasteiger partial charge in [0.25, 0.3) is 0 Å². The second kappa shape index (κ2) is 6.22. The molecule has 0 unspecified atom stereocenters. The Morgan fingerprint density at radius 3 is 2.69 bits per heavy atom. The molecular weight excluding hydrogens is 331 g/mol. The van der Waals surface area contributed by atoms with Crippen molar-refractivity contribution in [3.63, 3.8) is 0 Å². The highest BCUT2D eigenvalue weighted by molar-refractivity contribution is 5.78. The fourth-order valence-electron chi connectivity index (χ4n) is 3.01. The van der Waals surface area contributed by atoms with Gasteiger partial charge in [0.1, 0.15) is 5.82 Å². The Labute approximate surface area is 149 Å². The Bertz CT molecular complexity index is 1180. The van der Waals surface area contributed by atoms with Crippen LogP contribution in [-0.2, 0) is 6.54 Å². The molecule has 0 aliphatic carbocycles. The Balaban J connectivity index is 1.84. The molecule has 0 atom stereocenters. The van der Waals surface area contributed by atoms with E-state index in [1.54, 1.807) is 42.2 Å². The zero-order valence-electron chi connectivity index (χ0n) is 14.5. The lowest BCUT2D eigenvalue weighted by atomic mass is 10.0. The molecule has 6 heteroatoms. The molecule has 0 saturated carbocycles. The molecule has 0 aliphatic rings. The van der Waals surface area contributed by atoms with Gasteiger partial charge in [0.2, 0.25) is 0 Å². The topological polar surface area (TPSA) is 63.6 Å². The number of aryl methyl sites for hydroxylation is 2. The molecular formula is C20H17FN4O. The summed E-state index contributed by atoms with van der Waals surface area (Å²) in [5.41, 5.74) is 5.31. The standard InChI is InChI=1S/C20H17FN4O/c1-12-5-6-22-9-16(12)11-25-18-8-15(10-23-19(18)24-20(25)26)14-3-4-17(21)13(2)7-14/h3-10H,11H2,1-2H3,(H,23,24,26). The molecule has 0 radical (unpaired) electrons. The number of benzene rings is 1. The molecule has 130 valence electrons. The number of fused-ring (bicyclic) bond motifs is 1. The molecule has 0 amide bonds. The minimum atomic E-state index is -0.242. The Kier molecular flexibility index (Phi) is 3.88. The third kappa shape index (κ3) is 2.79. The van der Waals surface area contributed by atoms with Crippen LogP contribution in [0.15, 0.2) is 53.7 Å². The largest absolute Gasteiger partial charge is 0.327 e. The van der Waals surface area contributed by atoms with Gasteiger partial charge < -0.3 is 0 Å². The first-order valence-corrected chi connectivity index (χ1v) is 8.27. The zero-order valence-corrected chi connectivity index (χ0v) is 14.5. The molecule has 1 aromatic carbocycles. The fourth-order valence-corrected chi connectivity index (χ4v) is 3.01. The summed E-state index contributed by atoms with van der Waals surface area (Å²) in [6.45, 7) is 4.12. The normalized spacial score (nSPS) is 11.2. The van der Waals surface area contributed by atoms with Crippen LogP contribution >= 0.6 is 0 Å². The van der Waals surface area contributed by atoms with Gasteiger partial charge in [0.05, 0.1) is 12.1 Å². The van der Waals surface area contributed by atoms with Gasteiger partial charge in [-0.05, 0) is 60.4 Å². The molecule has 4 aromatic rings.